The Kier molecular flexibility index (Phi) is 11.6. The highest BCUT2D eigenvalue weighted by Gasteiger charge is 2.48. The van der Waals surface area contributed by atoms with Crippen molar-refractivity contribution in [1.82, 2.24) is 14.9 Å². The van der Waals surface area contributed by atoms with Crippen LogP contribution in [0.4, 0.5) is 0 Å². The number of carbonyl (C=O) groups excluding carboxylic acids is 1. The van der Waals surface area contributed by atoms with Crippen molar-refractivity contribution >= 4 is 5.91 Å². The summed E-state index contributed by atoms with van der Waals surface area (Å²) in [6, 6.07) is 24.7. The molecular weight excluding hydrogens is 634 g/mol. The van der Waals surface area contributed by atoms with Crippen molar-refractivity contribution in [3.8, 4) is 11.5 Å². The second kappa shape index (κ2) is 16.1. The van der Waals surface area contributed by atoms with Crippen molar-refractivity contribution in [2.24, 2.45) is 0 Å². The van der Waals surface area contributed by atoms with E-state index in [2.05, 4.69) is 10.3 Å². The Morgan fingerprint density at radius 1 is 0.898 bits per heavy atom. The average molecular weight is 676 g/mol. The molecule has 5 rings (SSSR count). The monoisotopic (exact) mass is 675 g/mol. The number of hydrogen-bond donors (Lipinski definition) is 3. The van der Waals surface area contributed by atoms with Gasteiger partial charge in [0.15, 0.2) is 0 Å². The van der Waals surface area contributed by atoms with Crippen molar-refractivity contribution in [2.75, 3.05) is 48.2 Å². The summed E-state index contributed by atoms with van der Waals surface area (Å²) in [6.07, 6.45) is -3.15. The fourth-order valence-corrected chi connectivity index (χ4v) is 5.94. The molecule has 1 saturated heterocycles. The molecule has 260 valence electrons. The van der Waals surface area contributed by atoms with Crippen molar-refractivity contribution in [3.05, 3.63) is 128 Å². The molecule has 0 unspecified atom stereocenters. The highest BCUT2D eigenvalue weighted by atomic mass is 16.6. The minimum Gasteiger partial charge on any atom is -0.497 e. The zero-order chi connectivity index (χ0) is 35.0. The zero-order valence-corrected chi connectivity index (χ0v) is 27.8. The smallest absolute Gasteiger partial charge is 0.328 e. The fraction of sp³-hybridized carbons (Fsp3) is 0.361. The number of nitrogens with one attached hydrogen (secondary N) is 2. The minimum atomic E-state index is -1.26. The maximum atomic E-state index is 13.1. The minimum absolute atomic E-state index is 0.00658. The molecule has 1 aliphatic heterocycles. The lowest BCUT2D eigenvalue weighted by Gasteiger charge is -2.37. The molecule has 0 aliphatic carbocycles. The Balaban J connectivity index is 1.56. The molecule has 3 aromatic carbocycles. The van der Waals surface area contributed by atoms with Gasteiger partial charge in [-0.3, -0.25) is 19.1 Å². The molecule has 0 spiro atoms. The van der Waals surface area contributed by atoms with Gasteiger partial charge >= 0.3 is 5.69 Å². The molecule has 1 fully saturated rings. The lowest BCUT2D eigenvalue weighted by molar-refractivity contribution is -0.121. The molecule has 13 heteroatoms. The maximum absolute atomic E-state index is 13.1. The van der Waals surface area contributed by atoms with Gasteiger partial charge in [-0.15, -0.1) is 0 Å². The van der Waals surface area contributed by atoms with Crippen LogP contribution < -0.4 is 26.0 Å². The molecule has 0 saturated carbocycles. The van der Waals surface area contributed by atoms with E-state index in [4.69, 9.17) is 28.4 Å². The van der Waals surface area contributed by atoms with Crippen molar-refractivity contribution in [1.29, 1.82) is 0 Å². The van der Waals surface area contributed by atoms with Crippen LogP contribution in [0.25, 0.3) is 0 Å². The number of hydrogen-bond acceptors (Lipinski definition) is 10. The third kappa shape index (κ3) is 7.61. The number of methoxy groups -OCH3 is 3. The zero-order valence-electron chi connectivity index (χ0n) is 27.8. The van der Waals surface area contributed by atoms with Gasteiger partial charge in [-0.25, -0.2) is 4.79 Å². The predicted octanol–water partition coefficient (Wildman–Crippen LogP) is 2.14. The van der Waals surface area contributed by atoms with Crippen LogP contribution in [-0.2, 0) is 35.9 Å². The van der Waals surface area contributed by atoms with E-state index in [0.29, 0.717) is 11.5 Å². The third-order valence-corrected chi connectivity index (χ3v) is 8.51. The first-order valence-electron chi connectivity index (χ1n) is 15.7. The first-order valence-corrected chi connectivity index (χ1v) is 15.7. The van der Waals surface area contributed by atoms with Crippen LogP contribution in [0.2, 0.25) is 0 Å². The first kappa shape index (κ1) is 35.5. The van der Waals surface area contributed by atoms with E-state index >= 15 is 0 Å². The number of aliphatic hydroxyl groups excluding tert-OH is 1. The number of benzene rings is 3. The van der Waals surface area contributed by atoms with Crippen LogP contribution in [0.3, 0.4) is 0 Å². The molecular formula is C36H41N3O10. The van der Waals surface area contributed by atoms with Crippen LogP contribution in [-0.4, -0.2) is 87.1 Å². The number of nitrogens with zero attached hydrogens (tertiary/aromatic N) is 1. The lowest BCUT2D eigenvalue weighted by atomic mass is 9.80. The van der Waals surface area contributed by atoms with E-state index < -0.39 is 47.2 Å². The second-order valence-electron chi connectivity index (χ2n) is 11.4. The number of ether oxygens (including phenoxy) is 6. The number of likely N-dealkylation sites (N-methyl/N-ethyl adjacent to an activating group) is 1. The summed E-state index contributed by atoms with van der Waals surface area (Å²) in [6.45, 7) is -0.174. The van der Waals surface area contributed by atoms with E-state index in [1.54, 1.807) is 14.2 Å². The van der Waals surface area contributed by atoms with Crippen molar-refractivity contribution in [2.45, 2.75) is 36.6 Å². The summed E-state index contributed by atoms with van der Waals surface area (Å²) in [7, 11) is 6.14. The van der Waals surface area contributed by atoms with Gasteiger partial charge in [-0.2, -0.15) is 0 Å². The molecule has 0 bridgehead atoms. The Bertz CT molecular complexity index is 1740. The highest BCUT2D eigenvalue weighted by Crippen LogP contribution is 2.43. The van der Waals surface area contributed by atoms with E-state index in [1.165, 1.54) is 20.4 Å². The van der Waals surface area contributed by atoms with Gasteiger partial charge < -0.3 is 38.8 Å². The van der Waals surface area contributed by atoms with Gasteiger partial charge in [0.2, 0.25) is 5.91 Å². The molecule has 49 heavy (non-hydrogen) atoms. The van der Waals surface area contributed by atoms with E-state index in [0.717, 1.165) is 21.3 Å². The van der Waals surface area contributed by atoms with Gasteiger partial charge in [-0.05, 0) is 41.0 Å². The number of carbonyl (C=O) groups is 1. The van der Waals surface area contributed by atoms with Crippen LogP contribution in [0.15, 0.2) is 94.6 Å². The predicted molar refractivity (Wildman–Crippen MR) is 179 cm³/mol. The SMILES string of the molecule is CNC(=O)Cn1cc([C@@H]2O[C@H](COC(c3ccccc3)(c3ccc(OC)cc3)c3ccc(OC)cc3)[C@@H](O)[C@H]2OCCOC)c(=O)[nH]c1=O. The number of aromatic amines is 1. The highest BCUT2D eigenvalue weighted by molar-refractivity contribution is 5.75. The summed E-state index contributed by atoms with van der Waals surface area (Å²) < 4.78 is 36.4. The molecule has 0 radical (unpaired) electrons. The third-order valence-electron chi connectivity index (χ3n) is 8.51. The molecule has 4 aromatic rings. The first-order chi connectivity index (χ1) is 23.7. The number of amides is 1. The van der Waals surface area contributed by atoms with Gasteiger partial charge in [0.1, 0.15) is 48.1 Å². The number of aliphatic hydroxyl groups is 1. The Hall–Kier alpha value is -4.79. The molecule has 1 amide bonds. The number of aromatic nitrogens is 2. The largest absolute Gasteiger partial charge is 0.497 e. The number of rotatable bonds is 15. The van der Waals surface area contributed by atoms with Gasteiger partial charge in [0, 0.05) is 20.4 Å². The van der Waals surface area contributed by atoms with Crippen LogP contribution in [0.1, 0.15) is 28.4 Å². The molecule has 1 aromatic heterocycles. The van der Waals surface area contributed by atoms with E-state index in [-0.39, 0.29) is 31.9 Å². The Morgan fingerprint density at radius 2 is 1.49 bits per heavy atom. The van der Waals surface area contributed by atoms with E-state index in [1.807, 2.05) is 78.9 Å². The van der Waals surface area contributed by atoms with E-state index in [9.17, 15) is 19.5 Å². The fourth-order valence-electron chi connectivity index (χ4n) is 5.94. The topological polar surface area (TPSA) is 160 Å². The Morgan fingerprint density at radius 3 is 2.04 bits per heavy atom. The Labute approximate surface area is 283 Å². The molecule has 13 nitrogen and oxygen atoms in total. The molecule has 2 heterocycles. The van der Waals surface area contributed by atoms with Crippen LogP contribution in [0.5, 0.6) is 11.5 Å². The summed E-state index contributed by atoms with van der Waals surface area (Å²) >= 11 is 0. The summed E-state index contributed by atoms with van der Waals surface area (Å²) in [5, 5.41) is 14.1. The normalized spacial score (nSPS) is 19.0. The van der Waals surface area contributed by atoms with Crippen LogP contribution in [0, 0.1) is 0 Å². The summed E-state index contributed by atoms with van der Waals surface area (Å²) in [4.78, 5) is 40.0. The quantitative estimate of drug-likeness (QED) is 0.126. The summed E-state index contributed by atoms with van der Waals surface area (Å²) in [5.41, 5.74) is -0.330. The molecule has 4 atom stereocenters. The van der Waals surface area contributed by atoms with Crippen molar-refractivity contribution in [3.63, 3.8) is 0 Å². The lowest BCUT2D eigenvalue weighted by Crippen LogP contribution is -2.41. The molecule has 1 aliphatic rings. The molecule has 3 N–H and O–H groups in total. The van der Waals surface area contributed by atoms with Gasteiger partial charge in [0.25, 0.3) is 5.56 Å². The van der Waals surface area contributed by atoms with Crippen molar-refractivity contribution < 1.29 is 38.3 Å². The van der Waals surface area contributed by atoms with Crippen LogP contribution >= 0.6 is 0 Å². The summed E-state index contributed by atoms with van der Waals surface area (Å²) in [5.74, 6) is 0.884. The maximum Gasteiger partial charge on any atom is 0.328 e. The number of H-pyrrole nitrogens is 1. The standard InChI is InChI=1S/C36H41N3O10/c1-37-30(40)21-39-20-28(34(42)38-35(39)43)32-33(47-19-18-44-2)31(41)29(49-32)22-48-36(23-8-6-5-7-9-23,24-10-14-26(45-3)15-11-24)25-12-16-27(46-4)17-13-25/h5-17,20,29,31-33,41H,18-19,21-22H2,1-4H3,(H,37,40)(H,38,42,43)/t29-,31-,32+,33-/m1/s1. The second-order valence-corrected chi connectivity index (χ2v) is 11.4. The van der Waals surface area contributed by atoms with Gasteiger partial charge in [-0.1, -0.05) is 54.6 Å². The average Bonchev–Trinajstić information content (AvgIpc) is 3.44. The van der Waals surface area contributed by atoms with Gasteiger partial charge in [0.05, 0.1) is 39.6 Å².